The van der Waals surface area contributed by atoms with Gasteiger partial charge in [0, 0.05) is 31.4 Å². The Bertz CT molecular complexity index is 657. The summed E-state index contributed by atoms with van der Waals surface area (Å²) in [5.74, 6) is 0.700. The average Bonchev–Trinajstić information content (AvgIpc) is 2.63. The SMILES string of the molecule is CNS(=O)(=O)c1ccc(NC2CCN(C3CCCCC3O)CC2)nc1. The summed E-state index contributed by atoms with van der Waals surface area (Å²) in [6, 6.07) is 3.92. The third kappa shape index (κ3) is 4.49. The highest BCUT2D eigenvalue weighted by molar-refractivity contribution is 7.89. The summed E-state index contributed by atoms with van der Waals surface area (Å²) in [4.78, 5) is 6.82. The summed E-state index contributed by atoms with van der Waals surface area (Å²) in [6.45, 7) is 1.96. The van der Waals surface area contributed by atoms with E-state index in [9.17, 15) is 13.5 Å². The van der Waals surface area contributed by atoms with E-state index >= 15 is 0 Å². The Morgan fingerprint density at radius 1 is 1.16 bits per heavy atom. The summed E-state index contributed by atoms with van der Waals surface area (Å²) in [6.07, 6.45) is 7.58. The highest BCUT2D eigenvalue weighted by Crippen LogP contribution is 2.26. The lowest BCUT2D eigenvalue weighted by molar-refractivity contribution is 0.00992. The largest absolute Gasteiger partial charge is 0.391 e. The quantitative estimate of drug-likeness (QED) is 0.722. The Hall–Kier alpha value is -1.22. The molecule has 0 aromatic carbocycles. The minimum absolute atomic E-state index is 0.168. The highest BCUT2D eigenvalue weighted by atomic mass is 32.2. The van der Waals surface area contributed by atoms with E-state index in [0.717, 1.165) is 45.2 Å². The molecule has 1 aliphatic heterocycles. The van der Waals surface area contributed by atoms with Gasteiger partial charge < -0.3 is 10.4 Å². The second-order valence-corrected chi connectivity index (χ2v) is 8.85. The van der Waals surface area contributed by atoms with Crippen LogP contribution in [-0.4, -0.2) is 61.7 Å². The molecule has 3 rings (SSSR count). The van der Waals surface area contributed by atoms with Crippen molar-refractivity contribution in [1.82, 2.24) is 14.6 Å². The van der Waals surface area contributed by atoms with E-state index in [-0.39, 0.29) is 11.0 Å². The Morgan fingerprint density at radius 2 is 1.88 bits per heavy atom. The predicted molar refractivity (Wildman–Crippen MR) is 97.0 cm³/mol. The molecule has 1 aromatic heterocycles. The fourth-order valence-corrected chi connectivity index (χ4v) is 4.52. The molecule has 0 bridgehead atoms. The van der Waals surface area contributed by atoms with E-state index < -0.39 is 10.0 Å². The van der Waals surface area contributed by atoms with Gasteiger partial charge in [-0.15, -0.1) is 0 Å². The number of nitrogens with one attached hydrogen (secondary N) is 2. The van der Waals surface area contributed by atoms with Crippen LogP contribution in [0.2, 0.25) is 0 Å². The minimum atomic E-state index is -3.44. The molecular formula is C17H28N4O3S. The van der Waals surface area contributed by atoms with E-state index in [0.29, 0.717) is 17.9 Å². The van der Waals surface area contributed by atoms with Crippen LogP contribution >= 0.6 is 0 Å². The van der Waals surface area contributed by atoms with Crippen molar-refractivity contribution in [2.45, 2.75) is 61.6 Å². The predicted octanol–water partition coefficient (Wildman–Crippen LogP) is 1.17. The Kier molecular flexibility index (Phi) is 5.93. The Balaban J connectivity index is 1.52. The van der Waals surface area contributed by atoms with Crippen LogP contribution in [-0.2, 0) is 10.0 Å². The molecule has 25 heavy (non-hydrogen) atoms. The second kappa shape index (κ2) is 7.99. The Labute approximate surface area is 149 Å². The van der Waals surface area contributed by atoms with Crippen LogP contribution in [0.5, 0.6) is 0 Å². The van der Waals surface area contributed by atoms with Gasteiger partial charge in [0.1, 0.15) is 10.7 Å². The molecule has 2 atom stereocenters. The van der Waals surface area contributed by atoms with Crippen molar-refractivity contribution in [3.8, 4) is 0 Å². The number of aliphatic hydroxyl groups excluding tert-OH is 1. The smallest absolute Gasteiger partial charge is 0.241 e. The van der Waals surface area contributed by atoms with Gasteiger partial charge in [0.25, 0.3) is 0 Å². The first-order chi connectivity index (χ1) is 12.0. The number of nitrogens with zero attached hydrogens (tertiary/aromatic N) is 2. The van der Waals surface area contributed by atoms with Crippen LogP contribution in [0.3, 0.4) is 0 Å². The first-order valence-electron chi connectivity index (χ1n) is 9.08. The van der Waals surface area contributed by atoms with Gasteiger partial charge >= 0.3 is 0 Å². The molecule has 0 spiro atoms. The molecule has 2 fully saturated rings. The monoisotopic (exact) mass is 368 g/mol. The molecule has 1 aliphatic carbocycles. The Morgan fingerprint density at radius 3 is 2.48 bits per heavy atom. The van der Waals surface area contributed by atoms with Gasteiger partial charge in [-0.05, 0) is 44.9 Å². The normalized spacial score (nSPS) is 26.5. The lowest BCUT2D eigenvalue weighted by atomic mass is 9.89. The molecular weight excluding hydrogens is 340 g/mol. The maximum Gasteiger partial charge on any atom is 0.241 e. The average molecular weight is 369 g/mol. The standard InChI is InChI=1S/C17H28N4O3S/c1-18-25(23,24)14-6-7-17(19-12-14)20-13-8-10-21(11-9-13)15-4-2-3-5-16(15)22/h6-7,12-13,15-16,18,22H,2-5,8-11H2,1H3,(H,19,20). The molecule has 2 aliphatic rings. The van der Waals surface area contributed by atoms with Gasteiger partial charge in [-0.3, -0.25) is 4.90 Å². The number of piperidine rings is 1. The van der Waals surface area contributed by atoms with E-state index in [2.05, 4.69) is 19.9 Å². The summed E-state index contributed by atoms with van der Waals surface area (Å²) < 4.78 is 25.7. The fraction of sp³-hybridized carbons (Fsp3) is 0.706. The molecule has 7 nitrogen and oxygen atoms in total. The zero-order chi connectivity index (χ0) is 17.9. The van der Waals surface area contributed by atoms with E-state index in [4.69, 9.17) is 0 Å². The molecule has 2 heterocycles. The molecule has 0 radical (unpaired) electrons. The molecule has 1 aromatic rings. The van der Waals surface area contributed by atoms with E-state index in [1.807, 2.05) is 0 Å². The van der Waals surface area contributed by atoms with Crippen molar-refractivity contribution in [3.05, 3.63) is 18.3 Å². The van der Waals surface area contributed by atoms with Crippen molar-refractivity contribution in [2.24, 2.45) is 0 Å². The molecule has 140 valence electrons. The van der Waals surface area contributed by atoms with Crippen LogP contribution in [0.1, 0.15) is 38.5 Å². The maximum atomic E-state index is 11.7. The molecule has 1 saturated heterocycles. The van der Waals surface area contributed by atoms with Crippen molar-refractivity contribution in [3.63, 3.8) is 0 Å². The van der Waals surface area contributed by atoms with Crippen LogP contribution in [0.4, 0.5) is 5.82 Å². The number of likely N-dealkylation sites (tertiary alicyclic amines) is 1. The number of rotatable bonds is 5. The van der Waals surface area contributed by atoms with Gasteiger partial charge in [-0.25, -0.2) is 18.1 Å². The number of hydrogen-bond acceptors (Lipinski definition) is 6. The van der Waals surface area contributed by atoms with Gasteiger partial charge in [0.05, 0.1) is 6.10 Å². The summed E-state index contributed by atoms with van der Waals surface area (Å²) in [7, 11) is -2.06. The van der Waals surface area contributed by atoms with Crippen LogP contribution < -0.4 is 10.0 Å². The van der Waals surface area contributed by atoms with Gasteiger partial charge in [0.2, 0.25) is 10.0 Å². The lowest BCUT2D eigenvalue weighted by Crippen LogP contribution is -2.50. The van der Waals surface area contributed by atoms with Gasteiger partial charge in [0.15, 0.2) is 0 Å². The third-order valence-electron chi connectivity index (χ3n) is 5.36. The number of sulfonamides is 1. The molecule has 8 heteroatoms. The lowest BCUT2D eigenvalue weighted by Gasteiger charge is -2.41. The maximum absolute atomic E-state index is 11.7. The van der Waals surface area contributed by atoms with E-state index in [1.165, 1.54) is 19.7 Å². The summed E-state index contributed by atoms with van der Waals surface area (Å²) in [5.41, 5.74) is 0. The van der Waals surface area contributed by atoms with Crippen LogP contribution in [0, 0.1) is 0 Å². The molecule has 1 saturated carbocycles. The van der Waals surface area contributed by atoms with E-state index in [1.54, 1.807) is 12.1 Å². The van der Waals surface area contributed by atoms with Crippen molar-refractivity contribution >= 4 is 15.8 Å². The zero-order valence-corrected chi connectivity index (χ0v) is 15.5. The number of anilines is 1. The first-order valence-corrected chi connectivity index (χ1v) is 10.6. The van der Waals surface area contributed by atoms with Gasteiger partial charge in [-0.2, -0.15) is 0 Å². The van der Waals surface area contributed by atoms with Crippen molar-refractivity contribution in [1.29, 1.82) is 0 Å². The molecule has 2 unspecified atom stereocenters. The third-order valence-corrected chi connectivity index (χ3v) is 6.76. The minimum Gasteiger partial charge on any atom is -0.391 e. The van der Waals surface area contributed by atoms with Crippen LogP contribution in [0.25, 0.3) is 0 Å². The highest BCUT2D eigenvalue weighted by Gasteiger charge is 2.31. The zero-order valence-electron chi connectivity index (χ0n) is 14.7. The summed E-state index contributed by atoms with van der Waals surface area (Å²) in [5, 5.41) is 13.6. The fourth-order valence-electron chi connectivity index (χ4n) is 3.84. The van der Waals surface area contributed by atoms with Crippen molar-refractivity contribution < 1.29 is 13.5 Å². The van der Waals surface area contributed by atoms with Crippen LogP contribution in [0.15, 0.2) is 23.2 Å². The number of aromatic nitrogens is 1. The number of pyridine rings is 1. The van der Waals surface area contributed by atoms with Crippen molar-refractivity contribution in [2.75, 3.05) is 25.5 Å². The van der Waals surface area contributed by atoms with Gasteiger partial charge in [-0.1, -0.05) is 12.8 Å². The first kappa shape index (κ1) is 18.6. The molecule has 0 amide bonds. The number of aliphatic hydroxyl groups is 1. The number of hydrogen-bond donors (Lipinski definition) is 3. The topological polar surface area (TPSA) is 94.6 Å². The summed E-state index contributed by atoms with van der Waals surface area (Å²) >= 11 is 0. The molecule has 3 N–H and O–H groups in total. The second-order valence-electron chi connectivity index (χ2n) is 6.96.